The van der Waals surface area contributed by atoms with Gasteiger partial charge in [-0.15, -0.1) is 0 Å². The summed E-state index contributed by atoms with van der Waals surface area (Å²) in [4.78, 5) is 11.7. The maximum Gasteiger partial charge on any atom is 0.277 e. The van der Waals surface area contributed by atoms with E-state index in [2.05, 4.69) is 10.5 Å². The average molecular weight is 328 g/mol. The molecule has 0 fully saturated rings. The molecule has 0 bridgehead atoms. The quantitative estimate of drug-likeness (QED) is 0.626. The molecule has 24 heavy (non-hydrogen) atoms. The van der Waals surface area contributed by atoms with Crippen LogP contribution in [-0.2, 0) is 4.79 Å². The van der Waals surface area contributed by atoms with Gasteiger partial charge in [0.2, 0.25) is 0 Å². The highest BCUT2D eigenvalue weighted by Gasteiger charge is 2.04. The van der Waals surface area contributed by atoms with Gasteiger partial charge in [0, 0.05) is 11.6 Å². The molecule has 0 unspecified atom stereocenters. The monoisotopic (exact) mass is 328 g/mol. The zero-order valence-corrected chi connectivity index (χ0v) is 13.9. The lowest BCUT2D eigenvalue weighted by Crippen LogP contribution is -2.24. The van der Waals surface area contributed by atoms with Crippen LogP contribution in [-0.4, -0.2) is 32.9 Å². The van der Waals surface area contributed by atoms with Gasteiger partial charge in [-0.05, 0) is 36.8 Å². The SMILES string of the molecule is COc1ccc(/C=N/NC(=O)COc2cccc(C)c2)c(OC)c1. The van der Waals surface area contributed by atoms with Gasteiger partial charge < -0.3 is 14.2 Å². The number of carbonyl (C=O) groups is 1. The first-order valence-corrected chi connectivity index (χ1v) is 7.36. The predicted molar refractivity (Wildman–Crippen MR) is 92.0 cm³/mol. The zero-order chi connectivity index (χ0) is 17.4. The Morgan fingerprint density at radius 3 is 2.67 bits per heavy atom. The van der Waals surface area contributed by atoms with Crippen molar-refractivity contribution in [3.05, 3.63) is 53.6 Å². The molecule has 1 N–H and O–H groups in total. The molecule has 0 radical (unpaired) electrons. The second kappa shape index (κ2) is 8.57. The number of benzene rings is 2. The van der Waals surface area contributed by atoms with Crippen molar-refractivity contribution in [2.45, 2.75) is 6.92 Å². The summed E-state index contributed by atoms with van der Waals surface area (Å²) in [5, 5.41) is 3.91. The van der Waals surface area contributed by atoms with Crippen LogP contribution in [0, 0.1) is 6.92 Å². The van der Waals surface area contributed by atoms with E-state index < -0.39 is 0 Å². The fourth-order valence-corrected chi connectivity index (χ4v) is 1.99. The van der Waals surface area contributed by atoms with Crippen molar-refractivity contribution in [2.75, 3.05) is 20.8 Å². The predicted octanol–water partition coefficient (Wildman–Crippen LogP) is 2.54. The smallest absolute Gasteiger partial charge is 0.277 e. The third-order valence-electron chi connectivity index (χ3n) is 3.19. The lowest BCUT2D eigenvalue weighted by Gasteiger charge is -2.07. The second-order valence-electron chi connectivity index (χ2n) is 5.01. The minimum atomic E-state index is -0.347. The van der Waals surface area contributed by atoms with Crippen molar-refractivity contribution < 1.29 is 19.0 Å². The van der Waals surface area contributed by atoms with E-state index in [1.807, 2.05) is 25.1 Å². The molecule has 0 heterocycles. The Bertz CT molecular complexity index is 729. The van der Waals surface area contributed by atoms with Gasteiger partial charge in [0.1, 0.15) is 17.2 Å². The van der Waals surface area contributed by atoms with Crippen LogP contribution in [0.5, 0.6) is 17.2 Å². The number of amides is 1. The molecule has 6 heteroatoms. The Balaban J connectivity index is 1.88. The molecular weight excluding hydrogens is 308 g/mol. The van der Waals surface area contributed by atoms with E-state index in [0.717, 1.165) is 11.1 Å². The first-order chi connectivity index (χ1) is 11.6. The van der Waals surface area contributed by atoms with Crippen molar-refractivity contribution in [2.24, 2.45) is 5.10 Å². The fourth-order valence-electron chi connectivity index (χ4n) is 1.99. The highest BCUT2D eigenvalue weighted by molar-refractivity contribution is 5.85. The average Bonchev–Trinajstić information content (AvgIpc) is 2.60. The molecule has 2 rings (SSSR count). The lowest BCUT2D eigenvalue weighted by molar-refractivity contribution is -0.123. The number of ether oxygens (including phenoxy) is 3. The molecule has 0 spiro atoms. The van der Waals surface area contributed by atoms with Gasteiger partial charge in [-0.2, -0.15) is 5.10 Å². The standard InChI is InChI=1S/C18H20N2O4/c1-13-5-4-6-16(9-13)24-12-18(21)20-19-11-14-7-8-15(22-2)10-17(14)23-3/h4-11H,12H2,1-3H3,(H,20,21)/b19-11+. The van der Waals surface area contributed by atoms with E-state index in [1.165, 1.54) is 6.21 Å². The van der Waals surface area contributed by atoms with Crippen LogP contribution in [0.3, 0.4) is 0 Å². The molecule has 0 atom stereocenters. The van der Waals surface area contributed by atoms with Crippen LogP contribution >= 0.6 is 0 Å². The molecule has 0 aliphatic rings. The summed E-state index contributed by atoms with van der Waals surface area (Å²) in [5.74, 6) is 1.58. The Kier molecular flexibility index (Phi) is 6.19. The van der Waals surface area contributed by atoms with Gasteiger partial charge in [0.15, 0.2) is 6.61 Å². The number of hydrazone groups is 1. The van der Waals surface area contributed by atoms with Crippen LogP contribution < -0.4 is 19.6 Å². The summed E-state index contributed by atoms with van der Waals surface area (Å²) in [6.07, 6.45) is 1.50. The third-order valence-corrected chi connectivity index (χ3v) is 3.19. The molecule has 2 aromatic carbocycles. The summed E-state index contributed by atoms with van der Waals surface area (Å²) >= 11 is 0. The first-order valence-electron chi connectivity index (χ1n) is 7.36. The maximum atomic E-state index is 11.7. The number of carbonyl (C=O) groups excluding carboxylic acids is 1. The highest BCUT2D eigenvalue weighted by atomic mass is 16.5. The third kappa shape index (κ3) is 5.01. The van der Waals surface area contributed by atoms with E-state index in [9.17, 15) is 4.79 Å². The van der Waals surface area contributed by atoms with Crippen LogP contribution in [0.25, 0.3) is 0 Å². The number of methoxy groups -OCH3 is 2. The highest BCUT2D eigenvalue weighted by Crippen LogP contribution is 2.22. The van der Waals surface area contributed by atoms with E-state index in [1.54, 1.807) is 38.5 Å². The molecule has 0 saturated heterocycles. The molecular formula is C18H20N2O4. The molecule has 0 aliphatic heterocycles. The van der Waals surface area contributed by atoms with Gasteiger partial charge in [0.05, 0.1) is 20.4 Å². The van der Waals surface area contributed by atoms with E-state index in [4.69, 9.17) is 14.2 Å². The molecule has 0 aliphatic carbocycles. The van der Waals surface area contributed by atoms with Gasteiger partial charge in [-0.25, -0.2) is 5.43 Å². The summed E-state index contributed by atoms with van der Waals surface area (Å²) < 4.78 is 15.8. The summed E-state index contributed by atoms with van der Waals surface area (Å²) in [7, 11) is 3.14. The van der Waals surface area contributed by atoms with Gasteiger partial charge in [-0.3, -0.25) is 4.79 Å². The van der Waals surface area contributed by atoms with Crippen molar-refractivity contribution in [1.29, 1.82) is 0 Å². The largest absolute Gasteiger partial charge is 0.497 e. The number of hydrogen-bond acceptors (Lipinski definition) is 5. The van der Waals surface area contributed by atoms with Crippen molar-refractivity contribution in [3.63, 3.8) is 0 Å². The summed E-state index contributed by atoms with van der Waals surface area (Å²) in [6, 6.07) is 12.8. The minimum Gasteiger partial charge on any atom is -0.497 e. The Hall–Kier alpha value is -3.02. The van der Waals surface area contributed by atoms with Crippen molar-refractivity contribution >= 4 is 12.1 Å². The molecule has 0 aromatic heterocycles. The Labute approximate surface area is 141 Å². The van der Waals surface area contributed by atoms with Crippen molar-refractivity contribution in [3.8, 4) is 17.2 Å². The van der Waals surface area contributed by atoms with Crippen LogP contribution in [0.2, 0.25) is 0 Å². The maximum absolute atomic E-state index is 11.7. The van der Waals surface area contributed by atoms with Crippen LogP contribution in [0.1, 0.15) is 11.1 Å². The van der Waals surface area contributed by atoms with E-state index >= 15 is 0 Å². The van der Waals surface area contributed by atoms with Gasteiger partial charge in [0.25, 0.3) is 5.91 Å². The molecule has 126 valence electrons. The van der Waals surface area contributed by atoms with Gasteiger partial charge >= 0.3 is 0 Å². The number of rotatable bonds is 7. The van der Waals surface area contributed by atoms with E-state index in [-0.39, 0.29) is 12.5 Å². The normalized spacial score (nSPS) is 10.5. The molecule has 6 nitrogen and oxygen atoms in total. The first kappa shape index (κ1) is 17.3. The van der Waals surface area contributed by atoms with Crippen LogP contribution in [0.15, 0.2) is 47.6 Å². The number of hydrogen-bond donors (Lipinski definition) is 1. The Morgan fingerprint density at radius 2 is 1.96 bits per heavy atom. The molecule has 2 aromatic rings. The summed E-state index contributed by atoms with van der Waals surface area (Å²) in [5.41, 5.74) is 4.20. The minimum absolute atomic E-state index is 0.111. The number of nitrogens with one attached hydrogen (secondary N) is 1. The topological polar surface area (TPSA) is 69.2 Å². The number of aryl methyl sites for hydroxylation is 1. The Morgan fingerprint density at radius 1 is 1.12 bits per heavy atom. The van der Waals surface area contributed by atoms with Gasteiger partial charge in [-0.1, -0.05) is 12.1 Å². The molecule has 0 saturated carbocycles. The lowest BCUT2D eigenvalue weighted by atomic mass is 10.2. The fraction of sp³-hybridized carbons (Fsp3) is 0.222. The number of nitrogens with zero attached hydrogens (tertiary/aromatic N) is 1. The van der Waals surface area contributed by atoms with Crippen LogP contribution in [0.4, 0.5) is 0 Å². The second-order valence-corrected chi connectivity index (χ2v) is 5.01. The van der Waals surface area contributed by atoms with Crippen molar-refractivity contribution in [1.82, 2.24) is 5.43 Å². The molecule has 1 amide bonds. The zero-order valence-electron chi connectivity index (χ0n) is 13.9. The van der Waals surface area contributed by atoms with E-state index in [0.29, 0.717) is 17.2 Å². The summed E-state index contributed by atoms with van der Waals surface area (Å²) in [6.45, 7) is 1.85.